The lowest BCUT2D eigenvalue weighted by Crippen LogP contribution is -2.58. The van der Waals surface area contributed by atoms with E-state index >= 15 is 0 Å². The maximum Gasteiger partial charge on any atom is 0.338 e. The maximum absolute atomic E-state index is 13.5. The number of ether oxygens (including phenoxy) is 8. The van der Waals surface area contributed by atoms with Gasteiger partial charge in [-0.1, -0.05) is 0 Å². The molecule has 3 aromatic rings. The Balaban J connectivity index is 0.000000874. The van der Waals surface area contributed by atoms with Crippen LogP contribution in [0.25, 0.3) is 10.9 Å². The number of esters is 2. The quantitative estimate of drug-likeness (QED) is 0.283. The fourth-order valence-electron chi connectivity index (χ4n) is 7.97. The molecule has 1 N–H and O–H groups in total. The number of methoxy groups -OCH3 is 6. The molecule has 2 aromatic carbocycles. The van der Waals surface area contributed by atoms with E-state index in [9.17, 15) is 9.59 Å². The highest BCUT2D eigenvalue weighted by Crippen LogP contribution is 2.51. The van der Waals surface area contributed by atoms with Crippen LogP contribution in [0, 0.1) is 17.8 Å². The number of aromatic nitrogens is 1. The van der Waals surface area contributed by atoms with Crippen molar-refractivity contribution in [3.63, 3.8) is 0 Å². The summed E-state index contributed by atoms with van der Waals surface area (Å²) in [6.07, 6.45) is 0.920. The van der Waals surface area contributed by atoms with Crippen molar-refractivity contribution in [2.24, 2.45) is 17.8 Å². The Kier molecular flexibility index (Phi) is 12.0. The van der Waals surface area contributed by atoms with Gasteiger partial charge in [-0.2, -0.15) is 0 Å². The minimum Gasteiger partial charge on any atom is -0.497 e. The summed E-state index contributed by atoms with van der Waals surface area (Å²) >= 11 is 0. The fraction of sp³-hybridized carbons (Fsp3) is 0.568. The number of rotatable bonds is 10. The first-order valence-corrected chi connectivity index (χ1v) is 16.9. The lowest BCUT2D eigenvalue weighted by Gasteiger charge is -2.52. The normalized spacial score (nSPS) is 24.3. The molecule has 0 amide bonds. The summed E-state index contributed by atoms with van der Waals surface area (Å²) in [5, 5.41) is 1.21. The van der Waals surface area contributed by atoms with Gasteiger partial charge < -0.3 is 42.9 Å². The van der Waals surface area contributed by atoms with Crippen molar-refractivity contribution in [1.29, 1.82) is 0 Å². The van der Waals surface area contributed by atoms with Crippen LogP contribution in [0.3, 0.4) is 0 Å². The number of nitrogens with one attached hydrogen (secondary N) is 1. The van der Waals surface area contributed by atoms with Gasteiger partial charge in [0, 0.05) is 56.1 Å². The third-order valence-corrected chi connectivity index (χ3v) is 10.2. The molecule has 49 heavy (non-hydrogen) atoms. The second kappa shape index (κ2) is 16.1. The van der Waals surface area contributed by atoms with Crippen molar-refractivity contribution in [1.82, 2.24) is 9.88 Å². The highest BCUT2D eigenvalue weighted by atomic mass is 16.6. The Morgan fingerprint density at radius 1 is 0.898 bits per heavy atom. The predicted octanol–water partition coefficient (Wildman–Crippen LogP) is 5.21. The first-order valence-electron chi connectivity index (χ1n) is 16.9. The van der Waals surface area contributed by atoms with E-state index in [4.69, 9.17) is 37.9 Å². The monoisotopic (exact) mass is 682 g/mol. The summed E-state index contributed by atoms with van der Waals surface area (Å²) in [4.78, 5) is 33.1. The van der Waals surface area contributed by atoms with E-state index in [1.54, 1.807) is 26.4 Å². The molecule has 12 nitrogen and oxygen atoms in total. The maximum atomic E-state index is 13.5. The number of carbonyl (C=O) groups excluding carboxylic acids is 2. The Morgan fingerprint density at radius 2 is 1.61 bits per heavy atom. The van der Waals surface area contributed by atoms with Crippen molar-refractivity contribution < 1.29 is 47.5 Å². The molecule has 0 radical (unpaired) electrons. The van der Waals surface area contributed by atoms with E-state index in [1.165, 1.54) is 45.1 Å². The van der Waals surface area contributed by atoms with Crippen LogP contribution in [0.1, 0.15) is 54.3 Å². The molecule has 268 valence electrons. The minimum atomic E-state index is -0.670. The number of benzene rings is 2. The number of H-pyrrole nitrogens is 1. The van der Waals surface area contributed by atoms with Crippen molar-refractivity contribution in [2.45, 2.75) is 51.4 Å². The van der Waals surface area contributed by atoms with Crippen LogP contribution >= 0.6 is 0 Å². The van der Waals surface area contributed by atoms with Crippen molar-refractivity contribution >= 4 is 22.8 Å². The van der Waals surface area contributed by atoms with Crippen LogP contribution < -0.4 is 18.9 Å². The van der Waals surface area contributed by atoms with Crippen LogP contribution in [0.2, 0.25) is 0 Å². The zero-order chi connectivity index (χ0) is 35.2. The summed E-state index contributed by atoms with van der Waals surface area (Å²) < 4.78 is 43.9. The highest BCUT2D eigenvalue weighted by molar-refractivity contribution is 5.91. The van der Waals surface area contributed by atoms with Crippen LogP contribution in [-0.4, -0.2) is 103 Å². The minimum absolute atomic E-state index is 0.0170. The first-order chi connectivity index (χ1) is 23.8. The SMILES string of the molecule is CCOCC.COC(=O)[C@H]1[C@H]2C[C@@H]3c4[nH]c5cc(OC)ccc5c4CCN3C[C@H]2C[C@@H](OC(=O)c2cc(OC)c(OC)c(OC)c2)[C@@H]1OC. The van der Waals surface area contributed by atoms with E-state index in [2.05, 4.69) is 16.0 Å². The average molecular weight is 683 g/mol. The van der Waals surface area contributed by atoms with Gasteiger partial charge >= 0.3 is 11.9 Å². The molecule has 2 fully saturated rings. The van der Waals surface area contributed by atoms with Gasteiger partial charge in [-0.3, -0.25) is 9.69 Å². The number of hydrogen-bond acceptors (Lipinski definition) is 11. The molecule has 3 heterocycles. The van der Waals surface area contributed by atoms with E-state index in [-0.39, 0.29) is 29.4 Å². The summed E-state index contributed by atoms with van der Waals surface area (Å²) in [5.74, 6) is 0.441. The Hall–Kier alpha value is -4.00. The largest absolute Gasteiger partial charge is 0.497 e. The van der Waals surface area contributed by atoms with Gasteiger partial charge in [0.15, 0.2) is 11.5 Å². The van der Waals surface area contributed by atoms with Crippen molar-refractivity contribution in [3.8, 4) is 23.0 Å². The third kappa shape index (κ3) is 7.18. The highest BCUT2D eigenvalue weighted by Gasteiger charge is 2.54. The van der Waals surface area contributed by atoms with E-state index < -0.39 is 24.1 Å². The summed E-state index contributed by atoms with van der Waals surface area (Å²) in [5.41, 5.74) is 3.83. The number of piperidine rings is 1. The molecule has 12 heteroatoms. The molecular weight excluding hydrogens is 632 g/mol. The second-order valence-corrected chi connectivity index (χ2v) is 12.5. The van der Waals surface area contributed by atoms with E-state index in [0.717, 1.165) is 50.4 Å². The standard InChI is InChI=1S/C33H40N2O9.C4H10O/c1-38-19-7-8-20-21-9-10-35-16-18-13-27(44-32(36)17-11-25(39-2)30(41-4)26(12-17)40-3)31(42-5)28(33(37)43-6)22(18)15-24(35)29(21)34-23(20)14-19;1-3-5-4-2/h7-8,11-12,14,18,22,24,27-28,31,34H,9-10,13,15-16H2,1-6H3;3-4H2,1-2H3/t18-,22+,24-,27-,28+,31+;/m1./s1. The van der Waals surface area contributed by atoms with Gasteiger partial charge in [-0.05, 0) is 74.8 Å². The Labute approximate surface area is 288 Å². The molecule has 3 aliphatic rings. The number of carbonyl (C=O) groups is 2. The van der Waals surface area contributed by atoms with Crippen LogP contribution in [0.5, 0.6) is 23.0 Å². The summed E-state index contributed by atoms with van der Waals surface area (Å²) in [6, 6.07) is 9.40. The smallest absolute Gasteiger partial charge is 0.338 e. The molecular formula is C37H50N2O10. The van der Waals surface area contributed by atoms with E-state index in [1.807, 2.05) is 26.0 Å². The predicted molar refractivity (Wildman–Crippen MR) is 183 cm³/mol. The van der Waals surface area contributed by atoms with Gasteiger partial charge in [-0.15, -0.1) is 0 Å². The number of hydrogen-bond donors (Lipinski definition) is 1. The van der Waals surface area contributed by atoms with Gasteiger partial charge in [-0.25, -0.2) is 4.79 Å². The van der Waals surface area contributed by atoms with Gasteiger partial charge in [0.25, 0.3) is 0 Å². The molecule has 1 aliphatic carbocycles. The molecule has 1 aromatic heterocycles. The van der Waals surface area contributed by atoms with E-state index in [0.29, 0.717) is 23.7 Å². The van der Waals surface area contributed by atoms with Crippen molar-refractivity contribution in [3.05, 3.63) is 47.2 Å². The molecule has 6 rings (SSSR count). The molecule has 6 atom stereocenters. The topological polar surface area (TPSA) is 127 Å². The Bertz CT molecular complexity index is 1580. The molecule has 1 saturated heterocycles. The van der Waals surface area contributed by atoms with Crippen molar-refractivity contribution in [2.75, 3.05) is 69.0 Å². The molecule has 0 unspecified atom stereocenters. The number of fused-ring (bicyclic) bond motifs is 6. The average Bonchev–Trinajstić information content (AvgIpc) is 3.51. The number of aromatic amines is 1. The zero-order valence-corrected chi connectivity index (χ0v) is 29.8. The van der Waals surface area contributed by atoms with Crippen LogP contribution in [0.15, 0.2) is 30.3 Å². The van der Waals surface area contributed by atoms with Gasteiger partial charge in [0.2, 0.25) is 5.75 Å². The lowest BCUT2D eigenvalue weighted by molar-refractivity contribution is -0.176. The van der Waals surface area contributed by atoms with Gasteiger partial charge in [0.1, 0.15) is 18.0 Å². The second-order valence-electron chi connectivity index (χ2n) is 12.5. The lowest BCUT2D eigenvalue weighted by atomic mass is 9.63. The molecule has 2 aliphatic heterocycles. The Morgan fingerprint density at radius 3 is 2.18 bits per heavy atom. The van der Waals surface area contributed by atoms with Gasteiger partial charge in [0.05, 0.1) is 53.1 Å². The molecule has 0 bridgehead atoms. The first kappa shape index (κ1) is 36.3. The number of nitrogens with zero attached hydrogens (tertiary/aromatic N) is 1. The zero-order valence-electron chi connectivity index (χ0n) is 29.8. The summed E-state index contributed by atoms with van der Waals surface area (Å²) in [7, 11) is 9.10. The van der Waals surface area contributed by atoms with Crippen LogP contribution in [0.4, 0.5) is 0 Å². The fourth-order valence-corrected chi connectivity index (χ4v) is 7.97. The molecule has 0 spiro atoms. The molecule has 1 saturated carbocycles. The van der Waals surface area contributed by atoms with Crippen LogP contribution in [-0.2, 0) is 30.2 Å². The third-order valence-electron chi connectivity index (χ3n) is 10.2. The summed E-state index contributed by atoms with van der Waals surface area (Å²) in [6.45, 7) is 7.35.